The van der Waals surface area contributed by atoms with Gasteiger partial charge in [0.15, 0.2) is 11.5 Å². The van der Waals surface area contributed by atoms with Crippen molar-refractivity contribution in [3.8, 4) is 17.2 Å². The van der Waals surface area contributed by atoms with Crippen molar-refractivity contribution >= 4 is 21.6 Å². The van der Waals surface area contributed by atoms with Crippen molar-refractivity contribution in [3.05, 3.63) is 86.9 Å². The summed E-state index contributed by atoms with van der Waals surface area (Å²) in [4.78, 5) is 5.08. The molecule has 0 aromatic heterocycles. The molecule has 0 amide bonds. The van der Waals surface area contributed by atoms with Crippen molar-refractivity contribution in [3.63, 3.8) is 0 Å². The van der Waals surface area contributed by atoms with Gasteiger partial charge in [0.1, 0.15) is 11.9 Å². The number of nitrogens with one attached hydrogen (secondary N) is 1. The van der Waals surface area contributed by atoms with E-state index in [1.54, 1.807) is 6.07 Å². The number of rotatable bonds is 3. The van der Waals surface area contributed by atoms with Gasteiger partial charge in [-0.05, 0) is 66.9 Å². The van der Waals surface area contributed by atoms with Crippen LogP contribution in [0.4, 0.5) is 0 Å². The molecule has 0 aliphatic carbocycles. The number of nitrogens with zero attached hydrogens (tertiary/aromatic N) is 1. The van der Waals surface area contributed by atoms with Gasteiger partial charge in [0, 0.05) is 28.2 Å². The van der Waals surface area contributed by atoms with Crippen LogP contribution in [0.15, 0.2) is 64.1 Å². The highest BCUT2D eigenvalue weighted by atomic mass is 79.9. The van der Waals surface area contributed by atoms with Gasteiger partial charge in [0.2, 0.25) is 6.79 Å². The number of hydrogen-bond donors (Lipinski definition) is 2. The SMILES string of the molecule is Cc1ccc([C@@H]2N=C(c3ccc4c(c3)OCO4)C[C@@H](c3cc(Br)ccc3O)N2)c(C)c1. The number of hydrogen-bond acceptors (Lipinski definition) is 5. The van der Waals surface area contributed by atoms with Gasteiger partial charge in [-0.15, -0.1) is 0 Å². The second-order valence-corrected chi connectivity index (χ2v) is 8.95. The van der Waals surface area contributed by atoms with E-state index in [2.05, 4.69) is 53.3 Å². The van der Waals surface area contributed by atoms with E-state index >= 15 is 0 Å². The summed E-state index contributed by atoms with van der Waals surface area (Å²) in [5, 5.41) is 14.2. The summed E-state index contributed by atoms with van der Waals surface area (Å²) >= 11 is 3.54. The summed E-state index contributed by atoms with van der Waals surface area (Å²) in [5.41, 5.74) is 6.34. The predicted octanol–water partition coefficient (Wildman–Crippen LogP) is 5.72. The van der Waals surface area contributed by atoms with Crippen LogP contribution >= 0.6 is 15.9 Å². The topological polar surface area (TPSA) is 63.1 Å². The van der Waals surface area contributed by atoms with Crippen LogP contribution in [0.5, 0.6) is 17.2 Å². The molecule has 5 rings (SSSR count). The van der Waals surface area contributed by atoms with Crippen LogP contribution in [0.1, 0.15) is 46.4 Å². The van der Waals surface area contributed by atoms with Crippen LogP contribution in [0.3, 0.4) is 0 Å². The molecule has 3 aromatic carbocycles. The fourth-order valence-corrected chi connectivity index (χ4v) is 4.63. The minimum atomic E-state index is -0.224. The lowest BCUT2D eigenvalue weighted by Gasteiger charge is -2.31. The molecule has 158 valence electrons. The lowest BCUT2D eigenvalue weighted by Crippen LogP contribution is -2.33. The third-order valence-electron chi connectivity index (χ3n) is 5.83. The van der Waals surface area contributed by atoms with E-state index in [1.807, 2.05) is 30.3 Å². The smallest absolute Gasteiger partial charge is 0.231 e. The third-order valence-corrected chi connectivity index (χ3v) is 6.33. The molecule has 2 heterocycles. The van der Waals surface area contributed by atoms with Crippen LogP contribution in [0, 0.1) is 13.8 Å². The Hall–Kier alpha value is -2.83. The molecule has 2 aliphatic rings. The number of aryl methyl sites for hydroxylation is 2. The minimum absolute atomic E-state index is 0.0962. The molecule has 0 bridgehead atoms. The van der Waals surface area contributed by atoms with Gasteiger partial charge in [0.05, 0.1) is 0 Å². The average molecular weight is 479 g/mol. The first-order valence-electron chi connectivity index (χ1n) is 10.3. The van der Waals surface area contributed by atoms with E-state index in [0.717, 1.165) is 38.4 Å². The molecule has 2 aliphatic heterocycles. The van der Waals surface area contributed by atoms with E-state index in [1.165, 1.54) is 11.1 Å². The fraction of sp³-hybridized carbons (Fsp3) is 0.240. The molecule has 2 atom stereocenters. The molecule has 6 heteroatoms. The van der Waals surface area contributed by atoms with Crippen LogP contribution in [-0.2, 0) is 0 Å². The van der Waals surface area contributed by atoms with Crippen molar-refractivity contribution in [2.45, 2.75) is 32.5 Å². The van der Waals surface area contributed by atoms with Crippen molar-refractivity contribution in [2.24, 2.45) is 4.99 Å². The lowest BCUT2D eigenvalue weighted by molar-refractivity contribution is 0.174. The molecule has 0 radical (unpaired) electrons. The Morgan fingerprint density at radius 3 is 2.65 bits per heavy atom. The highest BCUT2D eigenvalue weighted by Crippen LogP contribution is 2.38. The predicted molar refractivity (Wildman–Crippen MR) is 124 cm³/mol. The average Bonchev–Trinajstić information content (AvgIpc) is 3.23. The van der Waals surface area contributed by atoms with Gasteiger partial charge < -0.3 is 14.6 Å². The number of aromatic hydroxyl groups is 1. The maximum atomic E-state index is 10.6. The van der Waals surface area contributed by atoms with Gasteiger partial charge >= 0.3 is 0 Å². The minimum Gasteiger partial charge on any atom is -0.508 e. The van der Waals surface area contributed by atoms with Crippen molar-refractivity contribution in [1.82, 2.24) is 5.32 Å². The second-order valence-electron chi connectivity index (χ2n) is 8.03. The molecule has 0 fully saturated rings. The van der Waals surface area contributed by atoms with Gasteiger partial charge in [-0.3, -0.25) is 10.3 Å². The number of benzene rings is 3. The maximum absolute atomic E-state index is 10.6. The molecular formula is C25H23BrN2O3. The lowest BCUT2D eigenvalue weighted by atomic mass is 9.92. The fourth-order valence-electron chi connectivity index (χ4n) is 4.25. The number of phenolic OH excluding ortho intramolecular Hbond substituents is 1. The maximum Gasteiger partial charge on any atom is 0.231 e. The van der Waals surface area contributed by atoms with Gasteiger partial charge in [-0.25, -0.2) is 0 Å². The molecule has 2 N–H and O–H groups in total. The van der Waals surface area contributed by atoms with Gasteiger partial charge in [-0.1, -0.05) is 39.7 Å². The number of ether oxygens (including phenoxy) is 2. The van der Waals surface area contributed by atoms with Crippen LogP contribution in [-0.4, -0.2) is 17.6 Å². The molecule has 0 spiro atoms. The molecule has 31 heavy (non-hydrogen) atoms. The number of phenols is 1. The summed E-state index contributed by atoms with van der Waals surface area (Å²) < 4.78 is 12.0. The second kappa shape index (κ2) is 8.02. The van der Waals surface area contributed by atoms with Gasteiger partial charge in [-0.2, -0.15) is 0 Å². The quantitative estimate of drug-likeness (QED) is 0.504. The number of halogens is 1. The Morgan fingerprint density at radius 2 is 1.81 bits per heavy atom. The normalized spacial score (nSPS) is 19.9. The Kier molecular flexibility index (Phi) is 5.20. The van der Waals surface area contributed by atoms with Crippen LogP contribution in [0.2, 0.25) is 0 Å². The number of aliphatic imine (C=N–C) groups is 1. The molecule has 5 nitrogen and oxygen atoms in total. The van der Waals surface area contributed by atoms with E-state index in [-0.39, 0.29) is 24.8 Å². The first-order valence-corrected chi connectivity index (χ1v) is 11.1. The van der Waals surface area contributed by atoms with Gasteiger partial charge in [0.25, 0.3) is 0 Å². The van der Waals surface area contributed by atoms with Crippen molar-refractivity contribution in [2.75, 3.05) is 6.79 Å². The molecular weight excluding hydrogens is 456 g/mol. The van der Waals surface area contributed by atoms with E-state index < -0.39 is 0 Å². The first-order chi connectivity index (χ1) is 15.0. The highest BCUT2D eigenvalue weighted by Gasteiger charge is 2.29. The van der Waals surface area contributed by atoms with E-state index in [0.29, 0.717) is 6.42 Å². The molecule has 3 aromatic rings. The Morgan fingerprint density at radius 1 is 0.968 bits per heavy atom. The monoisotopic (exact) mass is 478 g/mol. The van der Waals surface area contributed by atoms with E-state index in [4.69, 9.17) is 14.5 Å². The molecule has 0 unspecified atom stereocenters. The molecule has 0 saturated carbocycles. The van der Waals surface area contributed by atoms with Crippen LogP contribution in [0.25, 0.3) is 0 Å². The van der Waals surface area contributed by atoms with E-state index in [9.17, 15) is 5.11 Å². The zero-order valence-electron chi connectivity index (χ0n) is 17.4. The highest BCUT2D eigenvalue weighted by molar-refractivity contribution is 9.10. The summed E-state index contributed by atoms with van der Waals surface area (Å²) in [7, 11) is 0. The third kappa shape index (κ3) is 3.93. The first kappa shape index (κ1) is 20.1. The van der Waals surface area contributed by atoms with Crippen molar-refractivity contribution in [1.29, 1.82) is 0 Å². The summed E-state index contributed by atoms with van der Waals surface area (Å²) in [6.07, 6.45) is 0.420. The summed E-state index contributed by atoms with van der Waals surface area (Å²) in [6.45, 7) is 4.45. The Labute approximate surface area is 189 Å². The van der Waals surface area contributed by atoms with Crippen molar-refractivity contribution < 1.29 is 14.6 Å². The summed E-state index contributed by atoms with van der Waals surface area (Å²) in [5.74, 6) is 1.76. The van der Waals surface area contributed by atoms with Crippen LogP contribution < -0.4 is 14.8 Å². The zero-order chi connectivity index (χ0) is 21.5. The summed E-state index contributed by atoms with van der Waals surface area (Å²) in [6, 6.07) is 17.8. The standard InChI is InChI=1S/C25H23BrN2O3/c1-14-3-6-18(15(2)9-14)25-27-20(16-4-8-23-24(10-16)31-13-30-23)12-21(28-25)19-11-17(26)5-7-22(19)29/h3-11,21,25,28-29H,12-13H2,1-2H3/t21-,25+/m0/s1. The zero-order valence-corrected chi connectivity index (χ0v) is 18.9. The number of fused-ring (bicyclic) bond motifs is 1. The Balaban J connectivity index is 1.59. The largest absolute Gasteiger partial charge is 0.508 e. The molecule has 0 saturated heterocycles. The Bertz CT molecular complexity index is 1190.